The average molecular weight is 674 g/mol. The number of nitrogen functional groups attached to an aromatic ring is 1. The third kappa shape index (κ3) is 5.04. The molecule has 3 nitrogen and oxygen atoms in total. The van der Waals surface area contributed by atoms with Crippen LogP contribution in [-0.2, 0) is 0 Å². The number of para-hydroxylation sites is 2. The molecule has 8 rings (SSSR count). The van der Waals surface area contributed by atoms with E-state index in [0.717, 1.165) is 50.0 Å². The van der Waals surface area contributed by atoms with Crippen molar-refractivity contribution in [2.24, 2.45) is 0 Å². The number of anilines is 4. The lowest BCUT2D eigenvalue weighted by Gasteiger charge is -2.32. The summed E-state index contributed by atoms with van der Waals surface area (Å²) in [5, 5.41) is 8.15. The molecule has 0 fully saturated rings. The first-order valence-corrected chi connectivity index (χ1v) is 18.0. The standard InChI is InChI=1S/C49H43N3/c1-7-10-21-35(8-2)51(31(4)5)32(6)45-40-27-26-39-41-28-33-19-17-18-20-34(33)29-42(41)43-30-44(47(48(40)46(39)43)38(9-3)49(45)50)52(36-22-13-11-14-23-36)37-24-15-12-16-25-37/h7-31H,2-3,50H2,1,4-6H3/b10-7-,35-21+,45-32+. The van der Waals surface area contributed by atoms with Gasteiger partial charge in [0.25, 0.3) is 0 Å². The zero-order chi connectivity index (χ0) is 36.1. The summed E-state index contributed by atoms with van der Waals surface area (Å²) in [6, 6.07) is 41.8. The first kappa shape index (κ1) is 32.9. The van der Waals surface area contributed by atoms with Gasteiger partial charge < -0.3 is 15.5 Å². The minimum absolute atomic E-state index is 0.152. The summed E-state index contributed by atoms with van der Waals surface area (Å²) < 4.78 is 0. The molecular weight excluding hydrogens is 631 g/mol. The van der Waals surface area contributed by atoms with Crippen LogP contribution in [0.4, 0.5) is 22.7 Å². The molecule has 0 unspecified atom stereocenters. The van der Waals surface area contributed by atoms with Gasteiger partial charge in [-0.1, -0.05) is 104 Å². The van der Waals surface area contributed by atoms with Gasteiger partial charge in [-0.05, 0) is 126 Å². The molecule has 0 aliphatic heterocycles. The highest BCUT2D eigenvalue weighted by Crippen LogP contribution is 2.55. The van der Waals surface area contributed by atoms with E-state index in [-0.39, 0.29) is 6.04 Å². The van der Waals surface area contributed by atoms with Crippen molar-refractivity contribution in [2.45, 2.75) is 33.7 Å². The molecule has 1 aliphatic carbocycles. The number of rotatable bonds is 9. The summed E-state index contributed by atoms with van der Waals surface area (Å²) in [6.45, 7) is 17.3. The average Bonchev–Trinajstić information content (AvgIpc) is 3.47. The molecule has 0 heterocycles. The Labute approximate surface area is 306 Å². The van der Waals surface area contributed by atoms with Gasteiger partial charge >= 0.3 is 0 Å². The summed E-state index contributed by atoms with van der Waals surface area (Å²) in [5.41, 5.74) is 19.3. The third-order valence-corrected chi connectivity index (χ3v) is 10.5. The van der Waals surface area contributed by atoms with Gasteiger partial charge in [-0.15, -0.1) is 0 Å². The molecule has 0 saturated heterocycles. The third-order valence-electron chi connectivity index (χ3n) is 10.5. The predicted octanol–water partition coefficient (Wildman–Crippen LogP) is 12.7. The summed E-state index contributed by atoms with van der Waals surface area (Å²) in [5.74, 6) is 0. The van der Waals surface area contributed by atoms with Crippen LogP contribution in [0.1, 0.15) is 33.3 Å². The Bertz CT molecular complexity index is 2620. The van der Waals surface area contributed by atoms with Gasteiger partial charge in [-0.2, -0.15) is 0 Å². The lowest BCUT2D eigenvalue weighted by atomic mass is 9.88. The Morgan fingerprint density at radius 1 is 0.692 bits per heavy atom. The Kier molecular flexibility index (Phi) is 8.28. The summed E-state index contributed by atoms with van der Waals surface area (Å²) >= 11 is 0. The normalized spacial score (nSPS) is 13.0. The minimum atomic E-state index is 0.152. The summed E-state index contributed by atoms with van der Waals surface area (Å²) in [7, 11) is 0. The molecule has 52 heavy (non-hydrogen) atoms. The Hall–Kier alpha value is -6.32. The van der Waals surface area contributed by atoms with Crippen LogP contribution in [0.25, 0.3) is 66.3 Å². The fourth-order valence-corrected chi connectivity index (χ4v) is 8.37. The first-order chi connectivity index (χ1) is 25.4. The highest BCUT2D eigenvalue weighted by Gasteiger charge is 2.30. The number of benzene rings is 7. The van der Waals surface area contributed by atoms with E-state index < -0.39 is 0 Å². The molecule has 3 heteroatoms. The van der Waals surface area contributed by atoms with Crippen molar-refractivity contribution in [3.63, 3.8) is 0 Å². The highest BCUT2D eigenvalue weighted by atomic mass is 15.2. The van der Waals surface area contributed by atoms with E-state index in [1.165, 1.54) is 43.8 Å². The van der Waals surface area contributed by atoms with Gasteiger partial charge in [-0.25, -0.2) is 0 Å². The van der Waals surface area contributed by atoms with Crippen molar-refractivity contribution in [3.8, 4) is 22.3 Å². The molecule has 7 aromatic rings. The van der Waals surface area contributed by atoms with Gasteiger partial charge in [0.1, 0.15) is 0 Å². The van der Waals surface area contributed by atoms with Crippen molar-refractivity contribution < 1.29 is 0 Å². The largest absolute Gasteiger partial charge is 0.398 e. The molecule has 0 atom stereocenters. The Morgan fingerprint density at radius 2 is 1.29 bits per heavy atom. The van der Waals surface area contributed by atoms with Gasteiger partial charge in [0.2, 0.25) is 0 Å². The number of fused-ring (bicyclic) bond motifs is 4. The van der Waals surface area contributed by atoms with Gasteiger partial charge in [0, 0.05) is 56.1 Å². The fourth-order valence-electron chi connectivity index (χ4n) is 8.37. The number of nitrogens with zero attached hydrogens (tertiary/aromatic N) is 2. The number of allylic oxidation sites excluding steroid dienone is 4. The Balaban J connectivity index is 1.60. The van der Waals surface area contributed by atoms with E-state index in [1.54, 1.807) is 0 Å². The van der Waals surface area contributed by atoms with Gasteiger partial charge in [-0.3, -0.25) is 0 Å². The maximum absolute atomic E-state index is 7.44. The molecule has 0 amide bonds. The van der Waals surface area contributed by atoms with Gasteiger partial charge in [0.05, 0.1) is 5.69 Å². The second kappa shape index (κ2) is 13.1. The molecule has 7 aromatic carbocycles. The van der Waals surface area contributed by atoms with E-state index in [9.17, 15) is 0 Å². The highest BCUT2D eigenvalue weighted by molar-refractivity contribution is 6.31. The van der Waals surface area contributed by atoms with Crippen LogP contribution in [-0.4, -0.2) is 10.9 Å². The lowest BCUT2D eigenvalue weighted by Crippen LogP contribution is -2.32. The lowest BCUT2D eigenvalue weighted by molar-refractivity contribution is 0.410. The molecule has 254 valence electrons. The maximum Gasteiger partial charge on any atom is 0.0553 e. The predicted molar refractivity (Wildman–Crippen MR) is 227 cm³/mol. The number of hydrogen-bond donors (Lipinski definition) is 1. The van der Waals surface area contributed by atoms with E-state index in [1.807, 2.05) is 25.2 Å². The van der Waals surface area contributed by atoms with Crippen molar-refractivity contribution in [2.75, 3.05) is 10.6 Å². The van der Waals surface area contributed by atoms with Crippen LogP contribution < -0.4 is 15.9 Å². The molecule has 0 bridgehead atoms. The van der Waals surface area contributed by atoms with Crippen molar-refractivity contribution in [3.05, 3.63) is 169 Å². The fraction of sp³-hybridized carbons (Fsp3) is 0.102. The quantitative estimate of drug-likeness (QED) is 0.122. The Morgan fingerprint density at radius 3 is 1.85 bits per heavy atom. The topological polar surface area (TPSA) is 32.5 Å². The summed E-state index contributed by atoms with van der Waals surface area (Å²) in [6.07, 6.45) is 10.1. The number of nitrogens with two attached hydrogens (primary N) is 1. The zero-order valence-corrected chi connectivity index (χ0v) is 30.3. The van der Waals surface area contributed by atoms with Crippen LogP contribution in [0.3, 0.4) is 0 Å². The molecule has 0 saturated carbocycles. The van der Waals surface area contributed by atoms with Crippen LogP contribution in [0.5, 0.6) is 0 Å². The molecule has 1 aliphatic rings. The number of hydrogen-bond acceptors (Lipinski definition) is 3. The van der Waals surface area contributed by atoms with E-state index in [2.05, 4.69) is 171 Å². The molecule has 2 N–H and O–H groups in total. The monoisotopic (exact) mass is 673 g/mol. The van der Waals surface area contributed by atoms with E-state index in [0.29, 0.717) is 5.69 Å². The molecule has 0 spiro atoms. The zero-order valence-electron chi connectivity index (χ0n) is 30.3. The molecular formula is C49H43N3. The second-order valence-corrected chi connectivity index (χ2v) is 13.8. The van der Waals surface area contributed by atoms with Crippen molar-refractivity contribution in [1.82, 2.24) is 4.90 Å². The van der Waals surface area contributed by atoms with Crippen molar-refractivity contribution >= 4 is 66.8 Å². The van der Waals surface area contributed by atoms with Crippen molar-refractivity contribution in [1.29, 1.82) is 0 Å². The molecule has 0 radical (unpaired) electrons. The molecule has 0 aromatic heterocycles. The SMILES string of the molecule is C=C/C(=C\C=C/C)N(/C(C)=c1/c(N)c(C=C)c2c(N(c3ccccc3)c3ccccc3)cc3c4c(ccc1c42)-c1cc2ccccc2cc1-3)C(C)C. The van der Waals surface area contributed by atoms with Crippen LogP contribution in [0, 0.1) is 0 Å². The minimum Gasteiger partial charge on any atom is -0.398 e. The summed E-state index contributed by atoms with van der Waals surface area (Å²) in [4.78, 5) is 4.71. The van der Waals surface area contributed by atoms with Crippen LogP contribution in [0.2, 0.25) is 0 Å². The smallest absolute Gasteiger partial charge is 0.0553 e. The van der Waals surface area contributed by atoms with E-state index in [4.69, 9.17) is 5.73 Å². The second-order valence-electron chi connectivity index (χ2n) is 13.8. The van der Waals surface area contributed by atoms with Crippen LogP contribution in [0.15, 0.2) is 158 Å². The van der Waals surface area contributed by atoms with Crippen LogP contribution >= 0.6 is 0 Å². The van der Waals surface area contributed by atoms with E-state index >= 15 is 0 Å². The maximum atomic E-state index is 7.44. The van der Waals surface area contributed by atoms with Gasteiger partial charge in [0.15, 0.2) is 0 Å². The first-order valence-electron chi connectivity index (χ1n) is 18.0.